The molecule has 0 aliphatic carbocycles. The summed E-state index contributed by atoms with van der Waals surface area (Å²) in [7, 11) is 0. The lowest BCUT2D eigenvalue weighted by Gasteiger charge is -2.13. The van der Waals surface area contributed by atoms with Crippen molar-refractivity contribution in [2.75, 3.05) is 6.61 Å². The van der Waals surface area contributed by atoms with E-state index in [1.807, 2.05) is 37.3 Å². The average molecular weight is 193 g/mol. The predicted molar refractivity (Wildman–Crippen MR) is 52.8 cm³/mol. The van der Waals surface area contributed by atoms with E-state index in [-0.39, 0.29) is 6.10 Å². The monoisotopic (exact) mass is 193 g/mol. The van der Waals surface area contributed by atoms with Crippen LogP contribution in [0, 0.1) is 0 Å². The minimum absolute atomic E-state index is 0.0331. The van der Waals surface area contributed by atoms with E-state index in [1.165, 1.54) is 6.47 Å². The summed E-state index contributed by atoms with van der Waals surface area (Å²) in [5.41, 5.74) is 0. The fraction of sp³-hybridized carbons (Fsp3) is 0.364. The van der Waals surface area contributed by atoms with Crippen LogP contribution in [-0.4, -0.2) is 19.2 Å². The van der Waals surface area contributed by atoms with Crippen molar-refractivity contribution in [3.8, 4) is 5.75 Å². The van der Waals surface area contributed by atoms with Gasteiger partial charge in [-0.25, -0.2) is 4.79 Å². The summed E-state index contributed by atoms with van der Waals surface area (Å²) >= 11 is 0. The van der Waals surface area contributed by atoms with Gasteiger partial charge in [-0.15, -0.1) is 0 Å². The van der Waals surface area contributed by atoms with Crippen LogP contribution in [0.3, 0.4) is 0 Å². The molecule has 0 aliphatic rings. The number of carbonyl (C=O) groups excluding carboxylic acids is 1. The summed E-state index contributed by atoms with van der Waals surface area (Å²) in [6.45, 7) is 3.66. The van der Waals surface area contributed by atoms with Gasteiger partial charge in [0.15, 0.2) is 0 Å². The van der Waals surface area contributed by atoms with Crippen LogP contribution in [0.25, 0.3) is 0 Å². The van der Waals surface area contributed by atoms with E-state index in [0.717, 1.165) is 5.75 Å². The molecule has 1 rings (SSSR count). The van der Waals surface area contributed by atoms with Crippen LogP contribution < -0.4 is 4.74 Å². The van der Waals surface area contributed by atoms with E-state index in [4.69, 9.17) is 4.74 Å². The third-order valence-corrected chi connectivity index (χ3v) is 1.77. The fourth-order valence-corrected chi connectivity index (χ4v) is 1.06. The van der Waals surface area contributed by atoms with Crippen LogP contribution in [0.15, 0.2) is 30.3 Å². The number of para-hydroxylation sites is 1. The molecular weight excluding hydrogens is 180 g/mol. The lowest BCUT2D eigenvalue weighted by atomic mass is 10.3. The Kier molecular flexibility index (Phi) is 4.55. The minimum Gasteiger partial charge on any atom is -0.491 e. The van der Waals surface area contributed by atoms with Gasteiger partial charge in [0, 0.05) is 6.42 Å². The molecule has 0 spiro atoms. The predicted octanol–water partition coefficient (Wildman–Crippen LogP) is 1.93. The largest absolute Gasteiger partial charge is 0.491 e. The molecule has 0 N–H and O–H groups in total. The molecule has 3 nitrogen and oxygen atoms in total. The highest BCUT2D eigenvalue weighted by Gasteiger charge is 2.03. The number of ether oxygens (including phenoxy) is 2. The van der Waals surface area contributed by atoms with Gasteiger partial charge in [-0.2, -0.15) is 0 Å². The van der Waals surface area contributed by atoms with Crippen LogP contribution in [0.4, 0.5) is 0 Å². The van der Waals surface area contributed by atoms with Gasteiger partial charge in [-0.3, -0.25) is 0 Å². The molecule has 1 atom stereocenters. The summed E-state index contributed by atoms with van der Waals surface area (Å²) in [4.78, 5) is 9.76. The Morgan fingerprint density at radius 2 is 2.07 bits per heavy atom. The molecule has 0 saturated carbocycles. The zero-order valence-electron chi connectivity index (χ0n) is 8.10. The Morgan fingerprint density at radius 1 is 1.36 bits per heavy atom. The Labute approximate surface area is 83.6 Å². The van der Waals surface area contributed by atoms with Crippen molar-refractivity contribution < 1.29 is 14.3 Å². The molecule has 0 aliphatic heterocycles. The molecule has 0 fully saturated rings. The maximum atomic E-state index is 9.76. The van der Waals surface area contributed by atoms with Crippen molar-refractivity contribution in [3.63, 3.8) is 0 Å². The summed E-state index contributed by atoms with van der Waals surface area (Å²) in [5, 5.41) is 0. The fourth-order valence-electron chi connectivity index (χ4n) is 1.06. The topological polar surface area (TPSA) is 35.5 Å². The number of benzene rings is 1. The third kappa shape index (κ3) is 3.94. The smallest absolute Gasteiger partial charge is 0.417 e. The molecule has 0 saturated heterocycles. The van der Waals surface area contributed by atoms with Crippen molar-refractivity contribution >= 4 is 6.47 Å². The molecule has 0 bridgehead atoms. The molecular formula is C11H13O3. The van der Waals surface area contributed by atoms with E-state index in [1.54, 1.807) is 0 Å². The Bertz CT molecular complexity index is 258. The molecule has 3 heteroatoms. The molecule has 1 radical (unpaired) electrons. The summed E-state index contributed by atoms with van der Waals surface area (Å²) < 4.78 is 10.0. The first-order chi connectivity index (χ1) is 6.83. The maximum absolute atomic E-state index is 9.76. The van der Waals surface area contributed by atoms with Crippen molar-refractivity contribution in [3.05, 3.63) is 30.3 Å². The van der Waals surface area contributed by atoms with Gasteiger partial charge >= 0.3 is 6.47 Å². The van der Waals surface area contributed by atoms with Crippen molar-refractivity contribution in [1.29, 1.82) is 0 Å². The molecule has 14 heavy (non-hydrogen) atoms. The van der Waals surface area contributed by atoms with Crippen LogP contribution in [0.5, 0.6) is 5.75 Å². The first kappa shape index (κ1) is 10.6. The second-order valence-corrected chi connectivity index (χ2v) is 2.96. The molecule has 75 valence electrons. The number of hydrogen-bond donors (Lipinski definition) is 0. The zero-order chi connectivity index (χ0) is 10.2. The second kappa shape index (κ2) is 6.02. The normalized spacial score (nSPS) is 11.8. The van der Waals surface area contributed by atoms with Crippen LogP contribution in [-0.2, 0) is 9.53 Å². The van der Waals surface area contributed by atoms with E-state index in [0.29, 0.717) is 13.0 Å². The van der Waals surface area contributed by atoms with E-state index < -0.39 is 0 Å². The van der Waals surface area contributed by atoms with Crippen molar-refractivity contribution in [2.24, 2.45) is 0 Å². The summed E-state index contributed by atoms with van der Waals surface area (Å²) in [6.07, 6.45) is 0.704. The molecule has 0 amide bonds. The number of hydrogen-bond acceptors (Lipinski definition) is 3. The Hall–Kier alpha value is -1.51. The van der Waals surface area contributed by atoms with Gasteiger partial charge in [0.2, 0.25) is 0 Å². The Balaban J connectivity index is 2.26. The number of rotatable bonds is 6. The highest BCUT2D eigenvalue weighted by atomic mass is 16.5. The summed E-state index contributed by atoms with van der Waals surface area (Å²) in [5.74, 6) is 0.829. The quantitative estimate of drug-likeness (QED) is 0.647. The molecule has 1 aromatic carbocycles. The van der Waals surface area contributed by atoms with E-state index >= 15 is 0 Å². The maximum Gasteiger partial charge on any atom is 0.417 e. The van der Waals surface area contributed by atoms with Gasteiger partial charge < -0.3 is 9.47 Å². The lowest BCUT2D eigenvalue weighted by molar-refractivity contribution is 0.169. The van der Waals surface area contributed by atoms with Gasteiger partial charge in [0.1, 0.15) is 5.75 Å². The van der Waals surface area contributed by atoms with Gasteiger partial charge in [-0.05, 0) is 19.1 Å². The van der Waals surface area contributed by atoms with Crippen LogP contribution in [0.1, 0.15) is 13.3 Å². The highest BCUT2D eigenvalue weighted by Crippen LogP contribution is 2.11. The van der Waals surface area contributed by atoms with E-state index in [2.05, 4.69) is 4.74 Å². The van der Waals surface area contributed by atoms with Gasteiger partial charge in [-0.1, -0.05) is 18.2 Å². The van der Waals surface area contributed by atoms with Crippen LogP contribution >= 0.6 is 0 Å². The molecule has 0 heterocycles. The molecule has 1 aromatic rings. The third-order valence-electron chi connectivity index (χ3n) is 1.77. The van der Waals surface area contributed by atoms with Gasteiger partial charge in [0.05, 0.1) is 12.7 Å². The molecule has 1 unspecified atom stereocenters. The first-order valence-electron chi connectivity index (χ1n) is 4.53. The van der Waals surface area contributed by atoms with Crippen LogP contribution in [0.2, 0.25) is 0 Å². The first-order valence-corrected chi connectivity index (χ1v) is 4.53. The van der Waals surface area contributed by atoms with Gasteiger partial charge in [0.25, 0.3) is 0 Å². The minimum atomic E-state index is 0.0331. The van der Waals surface area contributed by atoms with E-state index in [9.17, 15) is 4.79 Å². The van der Waals surface area contributed by atoms with Crippen molar-refractivity contribution in [1.82, 2.24) is 0 Å². The SMILES string of the molecule is CC(CCO[C]=O)Oc1ccccc1. The zero-order valence-corrected chi connectivity index (χ0v) is 8.10. The highest BCUT2D eigenvalue weighted by molar-refractivity contribution is 5.38. The standard InChI is InChI=1S/C11H13O3/c1-10(7-8-13-9-12)14-11-5-3-2-4-6-11/h2-6,10H,7-8H2,1H3. The average Bonchev–Trinajstić information content (AvgIpc) is 2.20. The lowest BCUT2D eigenvalue weighted by Crippen LogP contribution is -2.14. The van der Waals surface area contributed by atoms with Crippen molar-refractivity contribution in [2.45, 2.75) is 19.4 Å². The Morgan fingerprint density at radius 3 is 2.71 bits per heavy atom. The second-order valence-electron chi connectivity index (χ2n) is 2.96. The summed E-state index contributed by atoms with van der Waals surface area (Å²) in [6, 6.07) is 9.55. The molecule has 0 aromatic heterocycles.